The Morgan fingerprint density at radius 3 is 1.32 bits per heavy atom. The fourth-order valence-corrected chi connectivity index (χ4v) is 6.99. The predicted molar refractivity (Wildman–Crippen MR) is 104 cm³/mol. The van der Waals surface area contributed by atoms with Crippen LogP contribution in [-0.2, 0) is 9.47 Å². The summed E-state index contributed by atoms with van der Waals surface area (Å²) in [6.45, 7) is 13.4. The number of fused-ring (bicyclic) bond motifs is 4. The van der Waals surface area contributed by atoms with E-state index >= 15 is 0 Å². The van der Waals surface area contributed by atoms with Crippen LogP contribution in [0.2, 0.25) is 0 Å². The van der Waals surface area contributed by atoms with Gasteiger partial charge in [0.2, 0.25) is 0 Å². The van der Waals surface area contributed by atoms with Crippen LogP contribution >= 0.6 is 0 Å². The van der Waals surface area contributed by atoms with Crippen LogP contribution in [-0.4, -0.2) is 24.4 Å². The zero-order chi connectivity index (χ0) is 20.5. The molecule has 156 valence electrons. The summed E-state index contributed by atoms with van der Waals surface area (Å²) >= 11 is 0. The number of carbonyl (C=O) groups is 2. The van der Waals surface area contributed by atoms with E-state index in [-0.39, 0.29) is 33.9 Å². The first kappa shape index (κ1) is 19.8. The minimum atomic E-state index is -0.786. The maximum absolute atomic E-state index is 12.2. The SMILES string of the molecule is CC1(C)[C@H]2CC[C@@]1(C)[C@H](OC(=O)N=NC(=O)O[C@H]1C[C@H]3CC[C@@]1(C)C3(C)C)C2. The van der Waals surface area contributed by atoms with Crippen molar-refractivity contribution in [1.29, 1.82) is 0 Å². The van der Waals surface area contributed by atoms with Gasteiger partial charge < -0.3 is 9.47 Å². The van der Waals surface area contributed by atoms with E-state index in [1.165, 1.54) is 12.8 Å². The lowest BCUT2D eigenvalue weighted by atomic mass is 9.70. The summed E-state index contributed by atoms with van der Waals surface area (Å²) in [6, 6.07) is 0. The lowest BCUT2D eigenvalue weighted by molar-refractivity contribution is -0.00458. The normalized spacial score (nSPS) is 44.9. The first-order chi connectivity index (χ1) is 12.9. The van der Waals surface area contributed by atoms with Crippen LogP contribution in [0.5, 0.6) is 0 Å². The molecular formula is C22H34N2O4. The molecule has 0 heterocycles. The Morgan fingerprint density at radius 1 is 0.714 bits per heavy atom. The molecule has 4 rings (SSSR count). The van der Waals surface area contributed by atoms with Crippen LogP contribution in [0.25, 0.3) is 0 Å². The van der Waals surface area contributed by atoms with Crippen LogP contribution in [0.4, 0.5) is 9.59 Å². The number of carbonyl (C=O) groups excluding carboxylic acids is 2. The molecule has 2 amide bonds. The van der Waals surface area contributed by atoms with Gasteiger partial charge in [-0.15, -0.1) is 0 Å². The highest BCUT2D eigenvalue weighted by Gasteiger charge is 2.64. The molecule has 4 aliphatic rings. The molecule has 28 heavy (non-hydrogen) atoms. The van der Waals surface area contributed by atoms with Gasteiger partial charge in [0.25, 0.3) is 0 Å². The van der Waals surface area contributed by atoms with E-state index in [4.69, 9.17) is 9.47 Å². The zero-order valence-electron chi connectivity index (χ0n) is 18.1. The molecule has 0 radical (unpaired) electrons. The Bertz CT molecular complexity index is 670. The molecule has 0 aliphatic heterocycles. The van der Waals surface area contributed by atoms with E-state index in [1.807, 2.05) is 0 Å². The standard InChI is InChI=1S/C22H34N2O4/c1-19(2)13-7-9-21(19,5)15(11-13)27-17(25)23-24-18(26)28-16-12-14-8-10-22(16,6)20(14,3)4/h13-16H,7-12H2,1-6H3/t13-,14+,15+,16-,21-,22+. The maximum atomic E-state index is 12.2. The largest absolute Gasteiger partial charge is 0.452 e. The monoisotopic (exact) mass is 390 g/mol. The Balaban J connectivity index is 1.33. The second-order valence-corrected chi connectivity index (χ2v) is 11.2. The summed E-state index contributed by atoms with van der Waals surface area (Å²) < 4.78 is 11.2. The van der Waals surface area contributed by atoms with Crippen molar-refractivity contribution in [3.63, 3.8) is 0 Å². The fourth-order valence-electron chi connectivity index (χ4n) is 6.99. The molecule has 0 unspecified atom stereocenters. The van der Waals surface area contributed by atoms with E-state index in [9.17, 15) is 9.59 Å². The van der Waals surface area contributed by atoms with Gasteiger partial charge >= 0.3 is 12.2 Å². The first-order valence-electron chi connectivity index (χ1n) is 10.7. The summed E-state index contributed by atoms with van der Waals surface area (Å²) in [5.41, 5.74) is 0.231. The molecular weight excluding hydrogens is 356 g/mol. The molecule has 6 heteroatoms. The second-order valence-electron chi connectivity index (χ2n) is 11.2. The van der Waals surface area contributed by atoms with E-state index in [0.29, 0.717) is 11.8 Å². The van der Waals surface area contributed by atoms with Gasteiger partial charge in [-0.2, -0.15) is 0 Å². The second kappa shape index (κ2) is 6.02. The van der Waals surface area contributed by atoms with Gasteiger partial charge in [-0.3, -0.25) is 0 Å². The van der Waals surface area contributed by atoms with E-state index in [1.54, 1.807) is 0 Å². The van der Waals surface area contributed by atoms with E-state index in [2.05, 4.69) is 51.8 Å². The highest BCUT2D eigenvalue weighted by Crippen LogP contribution is 2.67. The molecule has 0 aromatic carbocycles. The minimum absolute atomic E-state index is 0.0351. The molecule has 0 saturated heterocycles. The van der Waals surface area contributed by atoms with Crippen molar-refractivity contribution in [2.75, 3.05) is 0 Å². The average Bonchev–Trinajstić information content (AvgIpc) is 3.12. The van der Waals surface area contributed by atoms with Gasteiger partial charge in [0.1, 0.15) is 12.2 Å². The smallest absolute Gasteiger partial charge is 0.443 e. The Hall–Kier alpha value is -1.46. The zero-order valence-corrected chi connectivity index (χ0v) is 18.1. The topological polar surface area (TPSA) is 77.3 Å². The number of rotatable bonds is 2. The maximum Gasteiger partial charge on any atom is 0.452 e. The number of hydrogen-bond acceptors (Lipinski definition) is 4. The molecule has 4 aliphatic carbocycles. The van der Waals surface area contributed by atoms with Crippen molar-refractivity contribution in [3.8, 4) is 0 Å². The fraction of sp³-hybridized carbons (Fsp3) is 0.909. The Labute approximate surface area is 167 Å². The molecule has 0 N–H and O–H groups in total. The highest BCUT2D eigenvalue weighted by molar-refractivity contribution is 5.73. The van der Waals surface area contributed by atoms with Gasteiger partial charge in [-0.1, -0.05) is 51.8 Å². The van der Waals surface area contributed by atoms with Gasteiger partial charge in [-0.25, -0.2) is 9.59 Å². The highest BCUT2D eigenvalue weighted by atomic mass is 16.6. The van der Waals surface area contributed by atoms with Crippen molar-refractivity contribution >= 4 is 12.2 Å². The molecule has 4 saturated carbocycles. The number of amides is 2. The van der Waals surface area contributed by atoms with Gasteiger partial charge in [0.05, 0.1) is 0 Å². The third-order valence-electron chi connectivity index (χ3n) is 10.1. The summed E-state index contributed by atoms with van der Waals surface area (Å²) in [5, 5.41) is 7.01. The van der Waals surface area contributed by atoms with Crippen LogP contribution in [0.15, 0.2) is 10.2 Å². The van der Waals surface area contributed by atoms with Crippen LogP contribution in [0.3, 0.4) is 0 Å². The van der Waals surface area contributed by atoms with Crippen LogP contribution in [0.1, 0.15) is 80.1 Å². The van der Waals surface area contributed by atoms with Gasteiger partial charge in [0, 0.05) is 10.8 Å². The van der Waals surface area contributed by atoms with E-state index in [0.717, 1.165) is 25.7 Å². The number of nitrogens with zero attached hydrogens (tertiary/aromatic N) is 2. The van der Waals surface area contributed by atoms with Crippen molar-refractivity contribution in [2.45, 2.75) is 92.3 Å². The third-order valence-corrected chi connectivity index (χ3v) is 10.1. The lowest BCUT2D eigenvalue weighted by Gasteiger charge is -2.38. The van der Waals surface area contributed by atoms with Gasteiger partial charge in [-0.05, 0) is 61.2 Å². The van der Waals surface area contributed by atoms with Crippen LogP contribution in [0, 0.1) is 33.5 Å². The lowest BCUT2D eigenvalue weighted by Crippen LogP contribution is -2.38. The molecule has 4 fully saturated rings. The Morgan fingerprint density at radius 2 is 1.07 bits per heavy atom. The number of ether oxygens (including phenoxy) is 2. The molecule has 4 bridgehead atoms. The van der Waals surface area contributed by atoms with Crippen LogP contribution < -0.4 is 0 Å². The average molecular weight is 391 g/mol. The molecule has 0 aromatic heterocycles. The first-order valence-corrected chi connectivity index (χ1v) is 10.7. The molecule has 0 spiro atoms. The molecule has 0 aromatic rings. The van der Waals surface area contributed by atoms with Crippen molar-refractivity contribution in [1.82, 2.24) is 0 Å². The van der Waals surface area contributed by atoms with Gasteiger partial charge in [0.15, 0.2) is 0 Å². The van der Waals surface area contributed by atoms with Crippen molar-refractivity contribution in [3.05, 3.63) is 0 Å². The number of azo groups is 1. The Kier molecular flexibility index (Phi) is 4.27. The predicted octanol–water partition coefficient (Wildman–Crippen LogP) is 6.14. The quantitative estimate of drug-likeness (QED) is 0.530. The van der Waals surface area contributed by atoms with E-state index < -0.39 is 12.2 Å². The third kappa shape index (κ3) is 2.51. The summed E-state index contributed by atoms with van der Waals surface area (Å²) in [4.78, 5) is 24.3. The summed E-state index contributed by atoms with van der Waals surface area (Å²) in [6.07, 6.45) is 4.32. The summed E-state index contributed by atoms with van der Waals surface area (Å²) in [7, 11) is 0. The van der Waals surface area contributed by atoms with Crippen molar-refractivity contribution in [2.24, 2.45) is 43.7 Å². The summed E-state index contributed by atoms with van der Waals surface area (Å²) in [5.74, 6) is 1.14. The number of hydrogen-bond donors (Lipinski definition) is 0. The molecule has 6 atom stereocenters. The minimum Gasteiger partial charge on any atom is -0.443 e. The van der Waals surface area contributed by atoms with Crippen molar-refractivity contribution < 1.29 is 19.1 Å². The molecule has 6 nitrogen and oxygen atoms in total.